The first-order valence-electron chi connectivity index (χ1n) is 6.69. The molecule has 0 saturated heterocycles. The number of nitrogens with two attached hydrogens (primary N) is 1. The molecule has 6 nitrogen and oxygen atoms in total. The van der Waals surface area contributed by atoms with Gasteiger partial charge in [-0.3, -0.25) is 9.59 Å². The average Bonchev–Trinajstić information content (AvgIpc) is 2.46. The molecule has 1 atom stereocenters. The molecule has 1 aromatic carbocycles. The molecule has 0 fully saturated rings. The van der Waals surface area contributed by atoms with Crippen molar-refractivity contribution in [2.45, 2.75) is 19.9 Å². The number of benzene rings is 1. The van der Waals surface area contributed by atoms with Crippen molar-refractivity contribution in [2.24, 2.45) is 11.7 Å². The molecule has 2 amide bonds. The zero-order valence-electron chi connectivity index (χ0n) is 12.2. The maximum absolute atomic E-state index is 12.0. The summed E-state index contributed by atoms with van der Waals surface area (Å²) in [6.07, 6.45) is 3.19. The second-order valence-corrected chi connectivity index (χ2v) is 4.93. The van der Waals surface area contributed by atoms with Crippen molar-refractivity contribution in [1.82, 2.24) is 10.6 Å². The van der Waals surface area contributed by atoms with E-state index in [9.17, 15) is 9.59 Å². The van der Waals surface area contributed by atoms with Crippen LogP contribution >= 0.6 is 0 Å². The molecular formula is C15H21N3O3. The van der Waals surface area contributed by atoms with Crippen molar-refractivity contribution in [3.63, 3.8) is 0 Å². The summed E-state index contributed by atoms with van der Waals surface area (Å²) in [4.78, 5) is 23.3. The number of carbonyl (C=O) groups is 2. The fraction of sp³-hybridized carbons (Fsp3) is 0.333. The standard InChI is InChI=1S/C15H21N3O3/c1-10(2)14(18-13(20)9-16)15(21)17-8-7-11-3-5-12(19)6-4-11/h3-8,10,14,19H,9,16H2,1-2H3,(H,17,21)(H,18,20)/b8-7+/t14-/m0/s1. The highest BCUT2D eigenvalue weighted by atomic mass is 16.3. The Morgan fingerprint density at radius 3 is 2.43 bits per heavy atom. The number of hydrogen-bond donors (Lipinski definition) is 4. The number of rotatable bonds is 6. The van der Waals surface area contributed by atoms with Gasteiger partial charge in [-0.2, -0.15) is 0 Å². The van der Waals surface area contributed by atoms with Gasteiger partial charge in [0, 0.05) is 6.20 Å². The summed E-state index contributed by atoms with van der Waals surface area (Å²) in [7, 11) is 0. The molecule has 0 aromatic heterocycles. The van der Waals surface area contributed by atoms with Crippen molar-refractivity contribution in [3.8, 4) is 5.75 Å². The minimum Gasteiger partial charge on any atom is -0.508 e. The van der Waals surface area contributed by atoms with Crippen LogP contribution in [-0.4, -0.2) is 29.5 Å². The first-order chi connectivity index (χ1) is 9.93. The Morgan fingerprint density at radius 2 is 1.90 bits per heavy atom. The first-order valence-corrected chi connectivity index (χ1v) is 6.69. The van der Waals surface area contributed by atoms with Crippen LogP contribution in [0.15, 0.2) is 30.5 Å². The summed E-state index contributed by atoms with van der Waals surface area (Å²) in [6, 6.07) is 5.91. The van der Waals surface area contributed by atoms with E-state index in [-0.39, 0.29) is 30.0 Å². The zero-order valence-corrected chi connectivity index (χ0v) is 12.2. The summed E-state index contributed by atoms with van der Waals surface area (Å²) < 4.78 is 0. The molecule has 0 spiro atoms. The van der Waals surface area contributed by atoms with Crippen LogP contribution in [0.3, 0.4) is 0 Å². The highest BCUT2D eigenvalue weighted by Crippen LogP contribution is 2.10. The fourth-order valence-electron chi connectivity index (χ4n) is 1.66. The lowest BCUT2D eigenvalue weighted by atomic mass is 10.0. The van der Waals surface area contributed by atoms with E-state index in [1.165, 1.54) is 6.20 Å². The molecule has 114 valence electrons. The highest BCUT2D eigenvalue weighted by Gasteiger charge is 2.22. The SMILES string of the molecule is CC(C)[C@H](NC(=O)CN)C(=O)N/C=C/c1ccc(O)cc1. The van der Waals surface area contributed by atoms with Gasteiger partial charge in [-0.1, -0.05) is 26.0 Å². The van der Waals surface area contributed by atoms with Crippen LogP contribution < -0.4 is 16.4 Å². The third-order valence-electron chi connectivity index (χ3n) is 2.85. The summed E-state index contributed by atoms with van der Waals surface area (Å²) in [5.74, 6) is -0.545. The van der Waals surface area contributed by atoms with Gasteiger partial charge in [-0.25, -0.2) is 0 Å². The van der Waals surface area contributed by atoms with Crippen LogP contribution in [0.4, 0.5) is 0 Å². The molecule has 0 unspecified atom stereocenters. The third kappa shape index (κ3) is 5.66. The first kappa shape index (κ1) is 16.7. The molecule has 1 rings (SSSR count). The second kappa shape index (κ2) is 8.06. The molecule has 0 saturated carbocycles. The number of aromatic hydroxyl groups is 1. The lowest BCUT2D eigenvalue weighted by Gasteiger charge is -2.20. The normalized spacial score (nSPS) is 12.4. The lowest BCUT2D eigenvalue weighted by Crippen LogP contribution is -2.50. The summed E-state index contributed by atoms with van der Waals surface area (Å²) in [5.41, 5.74) is 6.06. The molecule has 0 aliphatic heterocycles. The predicted molar refractivity (Wildman–Crippen MR) is 81.1 cm³/mol. The summed E-state index contributed by atoms with van der Waals surface area (Å²) in [5, 5.41) is 14.4. The Kier molecular flexibility index (Phi) is 6.42. The van der Waals surface area contributed by atoms with Crippen molar-refractivity contribution < 1.29 is 14.7 Å². The molecule has 5 N–H and O–H groups in total. The van der Waals surface area contributed by atoms with Gasteiger partial charge in [-0.15, -0.1) is 0 Å². The van der Waals surface area contributed by atoms with E-state index in [0.29, 0.717) is 0 Å². The van der Waals surface area contributed by atoms with Crippen LogP contribution in [0, 0.1) is 5.92 Å². The molecule has 0 aliphatic rings. The van der Waals surface area contributed by atoms with Gasteiger partial charge in [0.1, 0.15) is 11.8 Å². The Balaban J connectivity index is 2.60. The van der Waals surface area contributed by atoms with Crippen molar-refractivity contribution in [3.05, 3.63) is 36.0 Å². The minimum absolute atomic E-state index is 0.0532. The molecule has 6 heteroatoms. The van der Waals surface area contributed by atoms with Gasteiger partial charge in [0.2, 0.25) is 11.8 Å². The van der Waals surface area contributed by atoms with Crippen LogP contribution in [0.25, 0.3) is 6.08 Å². The molecule has 0 heterocycles. The Morgan fingerprint density at radius 1 is 1.29 bits per heavy atom. The predicted octanol–water partition coefficient (Wildman–Crippen LogP) is 0.579. The zero-order chi connectivity index (χ0) is 15.8. The fourth-order valence-corrected chi connectivity index (χ4v) is 1.66. The van der Waals surface area contributed by atoms with E-state index in [2.05, 4.69) is 10.6 Å². The number of phenolic OH excluding ortho intramolecular Hbond substituents is 1. The molecule has 0 radical (unpaired) electrons. The monoisotopic (exact) mass is 291 g/mol. The number of amides is 2. The van der Waals surface area contributed by atoms with Crippen LogP contribution in [0.5, 0.6) is 5.75 Å². The van der Waals surface area contributed by atoms with E-state index in [1.54, 1.807) is 30.3 Å². The molecular weight excluding hydrogens is 270 g/mol. The van der Waals surface area contributed by atoms with E-state index in [0.717, 1.165) is 5.56 Å². The molecule has 0 aliphatic carbocycles. The van der Waals surface area contributed by atoms with E-state index < -0.39 is 6.04 Å². The number of nitrogens with one attached hydrogen (secondary N) is 2. The van der Waals surface area contributed by atoms with E-state index in [1.807, 2.05) is 13.8 Å². The van der Waals surface area contributed by atoms with Crippen molar-refractivity contribution in [2.75, 3.05) is 6.54 Å². The van der Waals surface area contributed by atoms with Crippen molar-refractivity contribution in [1.29, 1.82) is 0 Å². The highest BCUT2D eigenvalue weighted by molar-refractivity contribution is 5.89. The lowest BCUT2D eigenvalue weighted by molar-refractivity contribution is -0.128. The Hall–Kier alpha value is -2.34. The maximum Gasteiger partial charge on any atom is 0.246 e. The average molecular weight is 291 g/mol. The molecule has 21 heavy (non-hydrogen) atoms. The topological polar surface area (TPSA) is 104 Å². The van der Waals surface area contributed by atoms with Gasteiger partial charge in [-0.05, 0) is 29.7 Å². The van der Waals surface area contributed by atoms with Gasteiger partial charge in [0.05, 0.1) is 6.54 Å². The summed E-state index contributed by atoms with van der Waals surface area (Å²) >= 11 is 0. The molecule has 0 bridgehead atoms. The van der Waals surface area contributed by atoms with Crippen LogP contribution in [0.1, 0.15) is 19.4 Å². The summed E-state index contributed by atoms with van der Waals surface area (Å²) in [6.45, 7) is 3.52. The third-order valence-corrected chi connectivity index (χ3v) is 2.85. The number of hydrogen-bond acceptors (Lipinski definition) is 4. The van der Waals surface area contributed by atoms with Crippen LogP contribution in [-0.2, 0) is 9.59 Å². The largest absolute Gasteiger partial charge is 0.508 e. The quantitative estimate of drug-likeness (QED) is 0.615. The number of phenols is 1. The second-order valence-electron chi connectivity index (χ2n) is 4.93. The van der Waals surface area contributed by atoms with Gasteiger partial charge in [0.25, 0.3) is 0 Å². The molecule has 1 aromatic rings. The Labute approximate surface area is 124 Å². The van der Waals surface area contributed by atoms with Gasteiger partial charge < -0.3 is 21.5 Å². The van der Waals surface area contributed by atoms with E-state index in [4.69, 9.17) is 10.8 Å². The van der Waals surface area contributed by atoms with Crippen LogP contribution in [0.2, 0.25) is 0 Å². The van der Waals surface area contributed by atoms with Gasteiger partial charge in [0.15, 0.2) is 0 Å². The van der Waals surface area contributed by atoms with Gasteiger partial charge >= 0.3 is 0 Å². The maximum atomic E-state index is 12.0. The van der Waals surface area contributed by atoms with E-state index >= 15 is 0 Å². The minimum atomic E-state index is -0.634. The Bertz CT molecular complexity index is 509. The van der Waals surface area contributed by atoms with Crippen molar-refractivity contribution >= 4 is 17.9 Å². The smallest absolute Gasteiger partial charge is 0.246 e. The number of carbonyl (C=O) groups excluding carboxylic acids is 2.